The summed E-state index contributed by atoms with van der Waals surface area (Å²) < 4.78 is 0. The highest BCUT2D eigenvalue weighted by Gasteiger charge is 2.35. The minimum absolute atomic E-state index is 0.00520. The van der Waals surface area contributed by atoms with Gasteiger partial charge in [-0.15, -0.1) is 0 Å². The average molecular weight is 878 g/mol. The van der Waals surface area contributed by atoms with Gasteiger partial charge in [-0.05, 0) is 51.4 Å². The lowest BCUT2D eigenvalue weighted by atomic mass is 10.0. The molecule has 0 aromatic heterocycles. The molecule has 7 amide bonds. The fourth-order valence-corrected chi connectivity index (χ4v) is 5.47. The third kappa shape index (κ3) is 22.4. The lowest BCUT2D eigenvalue weighted by Gasteiger charge is -2.28. The van der Waals surface area contributed by atoms with Gasteiger partial charge >= 0.3 is 17.9 Å². The number of guanidine groups is 1. The highest BCUT2D eigenvalue weighted by atomic mass is 32.1. The van der Waals surface area contributed by atoms with Crippen molar-refractivity contribution in [3.05, 3.63) is 0 Å². The number of thiol groups is 1. The maximum absolute atomic E-state index is 13.5. The van der Waals surface area contributed by atoms with Crippen molar-refractivity contribution in [2.24, 2.45) is 33.8 Å². The second kappa shape index (κ2) is 27.8. The van der Waals surface area contributed by atoms with Crippen LogP contribution < -0.4 is 54.8 Å². The van der Waals surface area contributed by atoms with Crippen LogP contribution in [0.3, 0.4) is 0 Å². The summed E-state index contributed by atoms with van der Waals surface area (Å²) >= 11 is 4.06. The van der Waals surface area contributed by atoms with Crippen LogP contribution in [-0.2, 0) is 47.9 Å². The molecule has 25 nitrogen and oxygen atoms in total. The normalized spacial score (nSPS) is 14.9. The van der Waals surface area contributed by atoms with Crippen molar-refractivity contribution in [2.45, 2.75) is 127 Å². The molecule has 0 aromatic carbocycles. The van der Waals surface area contributed by atoms with Crippen molar-refractivity contribution in [3.8, 4) is 0 Å². The highest BCUT2D eigenvalue weighted by molar-refractivity contribution is 7.80. The summed E-state index contributed by atoms with van der Waals surface area (Å²) in [6, 6.07) is -10.9. The van der Waals surface area contributed by atoms with E-state index in [-0.39, 0.29) is 37.7 Å². The van der Waals surface area contributed by atoms with Gasteiger partial charge in [-0.3, -0.25) is 48.1 Å². The van der Waals surface area contributed by atoms with Crippen molar-refractivity contribution in [3.63, 3.8) is 0 Å². The first kappa shape index (κ1) is 54.2. The van der Waals surface area contributed by atoms with E-state index in [2.05, 4.69) is 49.5 Å². The molecule has 0 fully saturated rings. The van der Waals surface area contributed by atoms with E-state index in [1.165, 1.54) is 0 Å². The Balaban J connectivity index is 6.21. The SMILES string of the molecule is CC(C)C[C@H](N)C(=O)N[C@@H](CCC(=O)O)C(=O)N[C@H](C(=O)N[C@@H](CS)C(=O)N[C@@H](CCC(=O)O)C(=O)N[C@@H](CCC(N)=O)C(=O)N[C@@H](CCCN=C(N)N)C(=O)O)[C@@H](C)O. The summed E-state index contributed by atoms with van der Waals surface area (Å²) in [7, 11) is 0. The van der Waals surface area contributed by atoms with Gasteiger partial charge in [0.15, 0.2) is 5.96 Å². The molecular formula is C34H59N11O14S. The molecule has 0 bridgehead atoms. The summed E-state index contributed by atoms with van der Waals surface area (Å²) in [4.78, 5) is 129. The number of nitrogens with two attached hydrogens (primary N) is 4. The molecule has 0 radical (unpaired) electrons. The Kier molecular flexibility index (Phi) is 25.2. The van der Waals surface area contributed by atoms with Crippen molar-refractivity contribution >= 4 is 77.8 Å². The number of aliphatic hydroxyl groups is 1. The number of carboxylic acid groups (broad SMARTS) is 3. The number of hydrogen-bond acceptors (Lipinski definition) is 14. The summed E-state index contributed by atoms with van der Waals surface area (Å²) in [5.41, 5.74) is 21.6. The lowest BCUT2D eigenvalue weighted by Crippen LogP contribution is -2.62. The zero-order chi connectivity index (χ0) is 46.3. The number of primary amides is 1. The first-order valence-corrected chi connectivity index (χ1v) is 19.4. The number of carboxylic acids is 3. The molecule has 0 heterocycles. The van der Waals surface area contributed by atoms with Crippen LogP contribution in [0.1, 0.15) is 78.6 Å². The smallest absolute Gasteiger partial charge is 0.326 e. The molecule has 18 N–H and O–H groups in total. The second-order valence-electron chi connectivity index (χ2n) is 14.1. The number of nitrogens with zero attached hydrogens (tertiary/aromatic N) is 1. The van der Waals surface area contributed by atoms with Crippen LogP contribution in [0, 0.1) is 5.92 Å². The molecule has 0 saturated carbocycles. The number of hydrogen-bond donors (Lipinski definition) is 15. The number of carbonyl (C=O) groups is 10. The van der Waals surface area contributed by atoms with Gasteiger partial charge in [0.1, 0.15) is 36.3 Å². The van der Waals surface area contributed by atoms with Crippen LogP contribution in [0.4, 0.5) is 0 Å². The molecular weight excluding hydrogens is 819 g/mol. The first-order valence-electron chi connectivity index (χ1n) is 18.8. The van der Waals surface area contributed by atoms with Gasteiger partial charge in [0.25, 0.3) is 0 Å². The molecule has 26 heteroatoms. The van der Waals surface area contributed by atoms with Gasteiger partial charge in [-0.25, -0.2) is 4.79 Å². The predicted molar refractivity (Wildman–Crippen MR) is 214 cm³/mol. The van der Waals surface area contributed by atoms with Gasteiger partial charge in [0, 0.05) is 31.6 Å². The Morgan fingerprint density at radius 3 is 1.40 bits per heavy atom. The van der Waals surface area contributed by atoms with Crippen molar-refractivity contribution in [1.82, 2.24) is 31.9 Å². The molecule has 0 saturated heterocycles. The minimum atomic E-state index is -1.81. The van der Waals surface area contributed by atoms with Gasteiger partial charge < -0.3 is 75.3 Å². The molecule has 0 aliphatic heterocycles. The molecule has 8 atom stereocenters. The summed E-state index contributed by atoms with van der Waals surface area (Å²) in [6.07, 6.45) is -4.67. The fraction of sp³-hybridized carbons (Fsp3) is 0.676. The largest absolute Gasteiger partial charge is 0.481 e. The maximum atomic E-state index is 13.5. The van der Waals surface area contributed by atoms with Crippen LogP contribution in [0.5, 0.6) is 0 Å². The third-order valence-electron chi connectivity index (χ3n) is 8.37. The molecule has 60 heavy (non-hydrogen) atoms. The monoisotopic (exact) mass is 877 g/mol. The van der Waals surface area contributed by atoms with E-state index in [1.807, 2.05) is 0 Å². The minimum Gasteiger partial charge on any atom is -0.481 e. The fourth-order valence-electron chi connectivity index (χ4n) is 5.21. The standard InChI is InChI=1S/C34H59N11O14S/c1-15(2)13-17(35)27(52)40-20(8-11-25(50)51)30(55)45-26(16(3)46)32(57)44-22(14-60)31(56)42-19(7-10-24(48)49)28(53)41-18(6-9-23(36)47)29(54)43-21(33(58)59)5-4-12-39-34(37)38/h15-22,26,46,60H,4-14,35H2,1-3H3,(H2,36,47)(H,40,52)(H,41,53)(H,42,56)(H,43,54)(H,44,57)(H,45,55)(H,48,49)(H,50,51)(H,58,59)(H4,37,38,39)/t16-,17+,18+,19+,20+,21+,22+,26+/m1/s1. The Bertz CT molecular complexity index is 1560. The Hall–Kier alpha value is -5.76. The Labute approximate surface area is 350 Å². The van der Waals surface area contributed by atoms with Crippen LogP contribution in [0.25, 0.3) is 0 Å². The van der Waals surface area contributed by atoms with E-state index in [1.54, 1.807) is 13.8 Å². The number of aliphatic carboxylic acids is 3. The topological polar surface area (TPSA) is 440 Å². The van der Waals surface area contributed by atoms with E-state index in [0.29, 0.717) is 0 Å². The van der Waals surface area contributed by atoms with Crippen molar-refractivity contribution < 1.29 is 68.4 Å². The zero-order valence-corrected chi connectivity index (χ0v) is 34.4. The number of amides is 7. The summed E-state index contributed by atoms with van der Waals surface area (Å²) in [6.45, 7) is 4.72. The van der Waals surface area contributed by atoms with Gasteiger partial charge in [-0.2, -0.15) is 12.6 Å². The molecule has 0 aliphatic rings. The van der Waals surface area contributed by atoms with Crippen molar-refractivity contribution in [2.75, 3.05) is 12.3 Å². The number of nitrogens with one attached hydrogen (secondary N) is 6. The lowest BCUT2D eigenvalue weighted by molar-refractivity contribution is -0.142. The number of rotatable bonds is 30. The van der Waals surface area contributed by atoms with Gasteiger partial charge in [0.2, 0.25) is 41.4 Å². The van der Waals surface area contributed by atoms with Crippen LogP contribution in [0.2, 0.25) is 0 Å². The Morgan fingerprint density at radius 2 is 1.00 bits per heavy atom. The predicted octanol–water partition coefficient (Wildman–Crippen LogP) is -5.29. The van der Waals surface area contributed by atoms with Crippen LogP contribution in [-0.4, -0.2) is 146 Å². The van der Waals surface area contributed by atoms with Crippen molar-refractivity contribution in [1.29, 1.82) is 0 Å². The third-order valence-corrected chi connectivity index (χ3v) is 8.74. The van der Waals surface area contributed by atoms with E-state index in [0.717, 1.165) is 6.92 Å². The second-order valence-corrected chi connectivity index (χ2v) is 14.5. The molecule has 340 valence electrons. The van der Waals surface area contributed by atoms with E-state index < -0.39 is 152 Å². The average Bonchev–Trinajstić information content (AvgIpc) is 3.14. The first-order chi connectivity index (χ1) is 27.9. The molecule has 0 aromatic rings. The van der Waals surface area contributed by atoms with Crippen LogP contribution >= 0.6 is 12.6 Å². The molecule has 0 unspecified atom stereocenters. The van der Waals surface area contributed by atoms with Gasteiger partial charge in [-0.1, -0.05) is 13.8 Å². The molecule has 0 spiro atoms. The van der Waals surface area contributed by atoms with E-state index in [4.69, 9.17) is 22.9 Å². The highest BCUT2D eigenvalue weighted by Crippen LogP contribution is 2.09. The Morgan fingerprint density at radius 1 is 0.583 bits per heavy atom. The molecule has 0 aliphatic carbocycles. The van der Waals surface area contributed by atoms with E-state index >= 15 is 0 Å². The summed E-state index contributed by atoms with van der Waals surface area (Å²) in [5, 5.41) is 52.1. The van der Waals surface area contributed by atoms with Crippen LogP contribution in [0.15, 0.2) is 4.99 Å². The maximum Gasteiger partial charge on any atom is 0.326 e. The number of aliphatic imine (C=N–C) groups is 1. The quantitative estimate of drug-likeness (QED) is 0.0139. The van der Waals surface area contributed by atoms with E-state index in [9.17, 15) is 68.4 Å². The number of aliphatic hydroxyl groups excluding tert-OH is 1. The molecule has 0 rings (SSSR count). The zero-order valence-electron chi connectivity index (χ0n) is 33.5. The number of carbonyl (C=O) groups excluding carboxylic acids is 7. The van der Waals surface area contributed by atoms with Gasteiger partial charge in [0.05, 0.1) is 12.1 Å². The summed E-state index contributed by atoms with van der Waals surface area (Å²) in [5.74, 6) is -12.2.